The lowest BCUT2D eigenvalue weighted by Gasteiger charge is -2.15. The van der Waals surface area contributed by atoms with Gasteiger partial charge in [-0.2, -0.15) is 0 Å². The zero-order chi connectivity index (χ0) is 21.8. The van der Waals surface area contributed by atoms with Gasteiger partial charge in [-0.3, -0.25) is 4.79 Å². The lowest BCUT2D eigenvalue weighted by Crippen LogP contribution is -2.21. The van der Waals surface area contributed by atoms with E-state index in [9.17, 15) is 4.79 Å². The molecular weight excluding hydrogens is 388 g/mol. The van der Waals surface area contributed by atoms with Crippen molar-refractivity contribution >= 4 is 22.5 Å². The monoisotopic (exact) mass is 412 g/mol. The molecule has 0 bridgehead atoms. The molecule has 4 rings (SSSR count). The van der Waals surface area contributed by atoms with E-state index in [2.05, 4.69) is 5.32 Å². The maximum absolute atomic E-state index is 12.6. The van der Waals surface area contributed by atoms with Crippen LogP contribution in [0.2, 0.25) is 0 Å². The van der Waals surface area contributed by atoms with Crippen LogP contribution in [0, 0.1) is 13.8 Å². The van der Waals surface area contributed by atoms with Crippen LogP contribution < -0.4 is 14.8 Å². The molecule has 31 heavy (non-hydrogen) atoms. The summed E-state index contributed by atoms with van der Waals surface area (Å²) in [6.45, 7) is 3.83. The fourth-order valence-electron chi connectivity index (χ4n) is 3.56. The molecule has 0 saturated heterocycles. The number of para-hydroxylation sites is 2. The Hall–Kier alpha value is -3.86. The number of carbonyl (C=O) groups is 1. The second kappa shape index (κ2) is 8.88. The molecule has 4 aromatic rings. The Kier molecular flexibility index (Phi) is 5.85. The summed E-state index contributed by atoms with van der Waals surface area (Å²) in [4.78, 5) is 17.4. The molecule has 0 aliphatic heterocycles. The number of amides is 1. The first kappa shape index (κ1) is 20.4. The number of hydrogen-bond acceptors (Lipinski definition) is 4. The number of methoxy groups -OCH3 is 1. The number of pyridine rings is 1. The number of rotatable bonds is 6. The maximum Gasteiger partial charge on any atom is 0.262 e. The van der Waals surface area contributed by atoms with Gasteiger partial charge in [0, 0.05) is 22.7 Å². The number of fused-ring (bicyclic) bond motifs is 1. The molecule has 156 valence electrons. The average molecular weight is 412 g/mol. The number of benzene rings is 3. The molecule has 1 amide bonds. The number of carbonyl (C=O) groups excluding carboxylic acids is 1. The number of ether oxygens (including phenoxy) is 2. The van der Waals surface area contributed by atoms with Gasteiger partial charge in [-0.05, 0) is 37.1 Å². The normalized spacial score (nSPS) is 10.7. The highest BCUT2D eigenvalue weighted by Gasteiger charge is 2.14. The number of anilines is 1. The van der Waals surface area contributed by atoms with Crippen LogP contribution in [0.25, 0.3) is 22.2 Å². The van der Waals surface area contributed by atoms with Crippen molar-refractivity contribution in [2.75, 3.05) is 19.0 Å². The number of nitrogens with one attached hydrogen (secondary N) is 1. The van der Waals surface area contributed by atoms with Gasteiger partial charge in [0.15, 0.2) is 6.61 Å². The van der Waals surface area contributed by atoms with Gasteiger partial charge in [0.1, 0.15) is 17.0 Å². The lowest BCUT2D eigenvalue weighted by molar-refractivity contribution is -0.118. The van der Waals surface area contributed by atoms with Crippen molar-refractivity contribution in [1.29, 1.82) is 0 Å². The van der Waals surface area contributed by atoms with Gasteiger partial charge in [0.05, 0.1) is 12.8 Å². The van der Waals surface area contributed by atoms with Crippen molar-refractivity contribution in [1.82, 2.24) is 4.98 Å². The third-order valence-corrected chi connectivity index (χ3v) is 5.16. The Morgan fingerprint density at radius 3 is 2.32 bits per heavy atom. The van der Waals surface area contributed by atoms with Gasteiger partial charge in [-0.15, -0.1) is 0 Å². The molecule has 3 aromatic carbocycles. The van der Waals surface area contributed by atoms with Crippen molar-refractivity contribution in [3.63, 3.8) is 0 Å². The van der Waals surface area contributed by atoms with E-state index in [4.69, 9.17) is 14.5 Å². The standard InChI is InChI=1S/C26H24N2O3/c1-17-9-7-10-18(2)25(17)28-24(29)16-31-23-15-21(19-11-5-4-6-12-19)27-26-20(23)13-8-14-22(26)30-3/h4-15H,16H2,1-3H3,(H,28,29). The molecule has 0 radical (unpaired) electrons. The van der Waals surface area contributed by atoms with Crippen LogP contribution >= 0.6 is 0 Å². The minimum atomic E-state index is -0.216. The minimum Gasteiger partial charge on any atom is -0.494 e. The van der Waals surface area contributed by atoms with E-state index in [-0.39, 0.29) is 12.5 Å². The predicted octanol–water partition coefficient (Wildman–Crippen LogP) is 5.54. The Balaban J connectivity index is 1.65. The van der Waals surface area contributed by atoms with Crippen LogP contribution in [0.3, 0.4) is 0 Å². The molecule has 0 atom stereocenters. The number of aryl methyl sites for hydroxylation is 2. The van der Waals surface area contributed by atoms with Crippen LogP contribution in [-0.4, -0.2) is 24.6 Å². The van der Waals surface area contributed by atoms with E-state index in [1.54, 1.807) is 7.11 Å². The molecule has 0 unspecified atom stereocenters. The Morgan fingerprint density at radius 1 is 0.903 bits per heavy atom. The highest BCUT2D eigenvalue weighted by molar-refractivity contribution is 5.95. The molecule has 0 spiro atoms. The summed E-state index contributed by atoms with van der Waals surface area (Å²) in [5.74, 6) is 1.02. The number of hydrogen-bond donors (Lipinski definition) is 1. The zero-order valence-electron chi connectivity index (χ0n) is 17.8. The van der Waals surface area contributed by atoms with Gasteiger partial charge in [0.2, 0.25) is 0 Å². The quantitative estimate of drug-likeness (QED) is 0.451. The van der Waals surface area contributed by atoms with Gasteiger partial charge in [-0.25, -0.2) is 4.98 Å². The average Bonchev–Trinajstić information content (AvgIpc) is 2.80. The molecule has 1 heterocycles. The van der Waals surface area contributed by atoms with E-state index in [1.807, 2.05) is 86.6 Å². The summed E-state index contributed by atoms with van der Waals surface area (Å²) < 4.78 is 11.5. The van der Waals surface area contributed by atoms with Crippen molar-refractivity contribution in [3.05, 3.63) is 83.9 Å². The maximum atomic E-state index is 12.6. The highest BCUT2D eigenvalue weighted by Crippen LogP contribution is 2.34. The van der Waals surface area contributed by atoms with Gasteiger partial charge < -0.3 is 14.8 Å². The van der Waals surface area contributed by atoms with Crippen LogP contribution in [0.5, 0.6) is 11.5 Å². The third kappa shape index (κ3) is 4.36. The summed E-state index contributed by atoms with van der Waals surface area (Å²) >= 11 is 0. The molecule has 0 saturated carbocycles. The second-order valence-electron chi connectivity index (χ2n) is 7.33. The molecule has 5 nitrogen and oxygen atoms in total. The fourth-order valence-corrected chi connectivity index (χ4v) is 3.56. The largest absolute Gasteiger partial charge is 0.494 e. The van der Waals surface area contributed by atoms with Crippen molar-refractivity contribution in [2.24, 2.45) is 0 Å². The smallest absolute Gasteiger partial charge is 0.262 e. The van der Waals surface area contributed by atoms with Crippen LogP contribution in [0.1, 0.15) is 11.1 Å². The first-order chi connectivity index (χ1) is 15.1. The lowest BCUT2D eigenvalue weighted by atomic mass is 10.1. The summed E-state index contributed by atoms with van der Waals surface area (Å²) in [6.07, 6.45) is 0. The third-order valence-electron chi connectivity index (χ3n) is 5.16. The van der Waals surface area contributed by atoms with Crippen molar-refractivity contribution in [2.45, 2.75) is 13.8 Å². The van der Waals surface area contributed by atoms with Crippen molar-refractivity contribution in [3.8, 4) is 22.8 Å². The van der Waals surface area contributed by atoms with E-state index < -0.39 is 0 Å². The van der Waals surface area contributed by atoms with E-state index in [0.29, 0.717) is 17.0 Å². The molecule has 5 heteroatoms. The number of nitrogens with zero attached hydrogens (tertiary/aromatic N) is 1. The summed E-state index contributed by atoms with van der Waals surface area (Å²) in [5, 5.41) is 3.75. The van der Waals surface area contributed by atoms with Gasteiger partial charge >= 0.3 is 0 Å². The Bertz CT molecular complexity index is 1220. The fraction of sp³-hybridized carbons (Fsp3) is 0.154. The Morgan fingerprint density at radius 2 is 1.61 bits per heavy atom. The highest BCUT2D eigenvalue weighted by atomic mass is 16.5. The predicted molar refractivity (Wildman–Crippen MR) is 124 cm³/mol. The van der Waals surface area contributed by atoms with E-state index >= 15 is 0 Å². The summed E-state index contributed by atoms with van der Waals surface area (Å²) in [5.41, 5.74) is 5.25. The minimum absolute atomic E-state index is 0.113. The molecule has 0 aliphatic carbocycles. The first-order valence-corrected chi connectivity index (χ1v) is 10.1. The van der Waals surface area contributed by atoms with Crippen molar-refractivity contribution < 1.29 is 14.3 Å². The summed E-state index contributed by atoms with van der Waals surface area (Å²) in [7, 11) is 1.62. The molecule has 0 fully saturated rings. The van der Waals surface area contributed by atoms with E-state index in [0.717, 1.165) is 33.5 Å². The summed E-state index contributed by atoms with van der Waals surface area (Å²) in [6, 6.07) is 23.3. The first-order valence-electron chi connectivity index (χ1n) is 10.1. The van der Waals surface area contributed by atoms with Crippen LogP contribution in [0.4, 0.5) is 5.69 Å². The number of aromatic nitrogens is 1. The molecule has 0 aliphatic rings. The Labute approximate surface area is 181 Å². The zero-order valence-corrected chi connectivity index (χ0v) is 17.8. The van der Waals surface area contributed by atoms with Crippen LogP contribution in [0.15, 0.2) is 72.8 Å². The van der Waals surface area contributed by atoms with Gasteiger partial charge in [0.25, 0.3) is 5.91 Å². The van der Waals surface area contributed by atoms with Crippen LogP contribution in [-0.2, 0) is 4.79 Å². The topological polar surface area (TPSA) is 60.5 Å². The van der Waals surface area contributed by atoms with E-state index in [1.165, 1.54) is 0 Å². The van der Waals surface area contributed by atoms with Gasteiger partial charge in [-0.1, -0.05) is 54.6 Å². The molecule has 1 N–H and O–H groups in total. The SMILES string of the molecule is COc1cccc2c(OCC(=O)Nc3c(C)cccc3C)cc(-c3ccccc3)nc12. The molecular formula is C26H24N2O3. The molecule has 1 aromatic heterocycles. The second-order valence-corrected chi connectivity index (χ2v) is 7.33.